The minimum atomic E-state index is -1.85. The number of hydrogen-bond acceptors (Lipinski definition) is 2. The van der Waals surface area contributed by atoms with Gasteiger partial charge in [-0.15, -0.1) is 11.5 Å². The number of fused-ring (bicyclic) bond motifs is 2. The van der Waals surface area contributed by atoms with Gasteiger partial charge in [-0.2, -0.15) is 0 Å². The fraction of sp³-hybridized carbons (Fsp3) is 0.771. The molecule has 38 heavy (non-hydrogen) atoms. The summed E-state index contributed by atoms with van der Waals surface area (Å²) >= 11 is 0. The van der Waals surface area contributed by atoms with E-state index in [1.54, 1.807) is 0 Å². The summed E-state index contributed by atoms with van der Waals surface area (Å²) in [6.45, 7) is 32.6. The van der Waals surface area contributed by atoms with Crippen molar-refractivity contribution in [3.8, 4) is 23.3 Å². The van der Waals surface area contributed by atoms with E-state index in [0.717, 1.165) is 11.5 Å². The summed E-state index contributed by atoms with van der Waals surface area (Å²) in [6, 6.07) is 0. The lowest BCUT2D eigenvalue weighted by Crippen LogP contribution is -2.50. The van der Waals surface area contributed by atoms with Crippen LogP contribution < -0.4 is 0 Å². The van der Waals surface area contributed by atoms with Crippen molar-refractivity contribution in [2.24, 2.45) is 46.8 Å². The van der Waals surface area contributed by atoms with E-state index in [0.29, 0.717) is 34.4 Å². The zero-order chi connectivity index (χ0) is 28.7. The van der Waals surface area contributed by atoms with Crippen molar-refractivity contribution in [3.05, 3.63) is 23.7 Å². The first kappa shape index (κ1) is 31.0. The Labute approximate surface area is 236 Å². The van der Waals surface area contributed by atoms with Crippen LogP contribution in [0.1, 0.15) is 96.9 Å². The average Bonchev–Trinajstić information content (AvgIpc) is 3.35. The quantitative estimate of drug-likeness (QED) is 0.249. The Balaban J connectivity index is 2.13. The first-order valence-electron chi connectivity index (χ1n) is 15.4. The lowest BCUT2D eigenvalue weighted by atomic mass is 9.61. The van der Waals surface area contributed by atoms with Gasteiger partial charge in [-0.05, 0) is 60.4 Å². The van der Waals surface area contributed by atoms with Gasteiger partial charge in [-0.25, -0.2) is 0 Å². The molecule has 2 nitrogen and oxygen atoms in total. The van der Waals surface area contributed by atoms with Gasteiger partial charge < -0.3 is 9.47 Å². The van der Waals surface area contributed by atoms with Crippen LogP contribution in [-0.2, 0) is 9.47 Å². The van der Waals surface area contributed by atoms with Gasteiger partial charge in [0, 0.05) is 17.3 Å². The third-order valence-electron chi connectivity index (χ3n) is 10.4. The van der Waals surface area contributed by atoms with Crippen LogP contribution in [0.15, 0.2) is 23.7 Å². The van der Waals surface area contributed by atoms with Gasteiger partial charge in [-0.3, -0.25) is 0 Å². The van der Waals surface area contributed by atoms with Crippen LogP contribution in [0.25, 0.3) is 0 Å². The fourth-order valence-corrected chi connectivity index (χ4v) is 14.0. The molecule has 2 aliphatic heterocycles. The largest absolute Gasteiger partial charge is 0.493 e. The van der Waals surface area contributed by atoms with Gasteiger partial charge in [0.05, 0.1) is 23.4 Å². The summed E-state index contributed by atoms with van der Waals surface area (Å²) in [5.74, 6) is 15.8. The lowest BCUT2D eigenvalue weighted by molar-refractivity contribution is -0.0467. The molecule has 3 aliphatic rings. The molecule has 6 atom stereocenters. The Hall–Kier alpha value is -1.58. The molecule has 0 bridgehead atoms. The maximum absolute atomic E-state index is 6.59. The summed E-state index contributed by atoms with van der Waals surface area (Å²) in [5, 5.41) is 0. The highest BCUT2D eigenvalue weighted by Crippen LogP contribution is 2.51. The summed E-state index contributed by atoms with van der Waals surface area (Å²) < 4.78 is 13.2. The highest BCUT2D eigenvalue weighted by molar-refractivity contribution is 6.90. The molecule has 0 spiro atoms. The van der Waals surface area contributed by atoms with Crippen LogP contribution >= 0.6 is 0 Å². The standard InChI is InChI=1S/C35H56O2Si/c1-21(2)35(22(3)4,23(5)6)17-15-29-31-19-27(13)37-34(31)30(32-20-28(14)36-33(29)32)16-18-38(24(7)8,25(9)10)26(11)12/h19-26,29-34H,1-14H3. The third kappa shape index (κ3) is 5.15. The van der Waals surface area contributed by atoms with E-state index >= 15 is 0 Å². The molecule has 2 heterocycles. The maximum atomic E-state index is 6.59. The van der Waals surface area contributed by atoms with E-state index in [4.69, 9.17) is 9.47 Å². The van der Waals surface area contributed by atoms with Gasteiger partial charge in [0.1, 0.15) is 20.3 Å². The summed E-state index contributed by atoms with van der Waals surface area (Å²) in [4.78, 5) is 0. The minimum absolute atomic E-state index is 0.0298. The van der Waals surface area contributed by atoms with Crippen molar-refractivity contribution < 1.29 is 9.47 Å². The van der Waals surface area contributed by atoms with Crippen LogP contribution in [-0.4, -0.2) is 20.3 Å². The SMILES string of the molecule is CC1=CC2C(C#C[Si](C(C)C)(C(C)C)C(C)C)C3OC(C)=CC3C(C#CC(C(C)C)(C(C)C)C(C)C)C2O1. The molecule has 0 N–H and O–H groups in total. The molecule has 0 aromatic carbocycles. The zero-order valence-electron chi connectivity index (χ0n) is 26.9. The van der Waals surface area contributed by atoms with Crippen molar-refractivity contribution in [2.75, 3.05) is 0 Å². The predicted octanol–water partition coefficient (Wildman–Crippen LogP) is 9.25. The van der Waals surface area contributed by atoms with E-state index in [1.807, 2.05) is 0 Å². The number of allylic oxidation sites excluding steroid dienone is 2. The molecule has 212 valence electrons. The number of hydrogen-bond donors (Lipinski definition) is 0. The van der Waals surface area contributed by atoms with Crippen molar-refractivity contribution in [2.45, 2.75) is 126 Å². The van der Waals surface area contributed by atoms with Crippen molar-refractivity contribution in [1.82, 2.24) is 0 Å². The molecule has 0 aromatic rings. The molecule has 0 radical (unpaired) electrons. The van der Waals surface area contributed by atoms with Gasteiger partial charge in [0.2, 0.25) is 0 Å². The highest BCUT2D eigenvalue weighted by atomic mass is 28.3. The molecular weight excluding hydrogens is 480 g/mol. The van der Waals surface area contributed by atoms with E-state index < -0.39 is 8.07 Å². The molecular formula is C35H56O2Si. The van der Waals surface area contributed by atoms with Crippen LogP contribution in [0.3, 0.4) is 0 Å². The summed E-state index contributed by atoms with van der Waals surface area (Å²) in [5.41, 5.74) is 5.84. The fourth-order valence-electron chi connectivity index (χ4n) is 8.72. The average molecular weight is 537 g/mol. The molecule has 6 unspecified atom stereocenters. The molecule has 0 amide bonds. The Morgan fingerprint density at radius 3 is 1.34 bits per heavy atom. The van der Waals surface area contributed by atoms with Crippen molar-refractivity contribution in [1.29, 1.82) is 0 Å². The predicted molar refractivity (Wildman–Crippen MR) is 165 cm³/mol. The van der Waals surface area contributed by atoms with E-state index in [9.17, 15) is 0 Å². The summed E-state index contributed by atoms with van der Waals surface area (Å²) in [7, 11) is -1.85. The van der Waals surface area contributed by atoms with E-state index in [2.05, 4.69) is 132 Å². The normalized spacial score (nSPS) is 28.9. The van der Waals surface area contributed by atoms with Crippen molar-refractivity contribution in [3.63, 3.8) is 0 Å². The highest BCUT2D eigenvalue weighted by Gasteiger charge is 2.55. The van der Waals surface area contributed by atoms with Crippen LogP contribution in [0, 0.1) is 70.1 Å². The molecule has 1 aliphatic carbocycles. The lowest BCUT2D eigenvalue weighted by Gasteiger charge is -2.43. The molecule has 3 rings (SSSR count). The minimum Gasteiger partial charge on any atom is -0.493 e. The van der Waals surface area contributed by atoms with Gasteiger partial charge >= 0.3 is 0 Å². The zero-order valence-corrected chi connectivity index (χ0v) is 27.9. The van der Waals surface area contributed by atoms with Crippen LogP contribution in [0.5, 0.6) is 0 Å². The first-order chi connectivity index (χ1) is 17.6. The molecule has 0 saturated heterocycles. The van der Waals surface area contributed by atoms with Gasteiger partial charge in [-0.1, -0.05) is 94.9 Å². The molecule has 1 saturated carbocycles. The smallest absolute Gasteiger partial charge is 0.145 e. The van der Waals surface area contributed by atoms with E-state index in [1.165, 1.54) is 0 Å². The monoisotopic (exact) mass is 536 g/mol. The molecule has 1 fully saturated rings. The van der Waals surface area contributed by atoms with Crippen LogP contribution in [0.4, 0.5) is 0 Å². The third-order valence-corrected chi connectivity index (χ3v) is 16.7. The van der Waals surface area contributed by atoms with E-state index in [-0.39, 0.29) is 41.3 Å². The Kier molecular flexibility index (Phi) is 9.36. The van der Waals surface area contributed by atoms with Crippen molar-refractivity contribution >= 4 is 8.07 Å². The molecule has 0 aromatic heterocycles. The topological polar surface area (TPSA) is 18.5 Å². The second-order valence-electron chi connectivity index (χ2n) is 14.3. The number of ether oxygens (including phenoxy) is 2. The second kappa shape index (κ2) is 11.5. The number of rotatable bonds is 6. The molecule has 3 heteroatoms. The van der Waals surface area contributed by atoms with Gasteiger partial charge in [0.15, 0.2) is 0 Å². The Bertz CT molecular complexity index is 908. The maximum Gasteiger partial charge on any atom is 0.145 e. The summed E-state index contributed by atoms with van der Waals surface area (Å²) in [6.07, 6.45) is 4.73. The van der Waals surface area contributed by atoms with Gasteiger partial charge in [0.25, 0.3) is 0 Å². The first-order valence-corrected chi connectivity index (χ1v) is 17.6. The second-order valence-corrected chi connectivity index (χ2v) is 19.8. The van der Waals surface area contributed by atoms with Crippen LogP contribution in [0.2, 0.25) is 16.6 Å². The Morgan fingerprint density at radius 2 is 1.00 bits per heavy atom. The Morgan fingerprint density at radius 1 is 0.632 bits per heavy atom.